The molecule has 1 N–H and O–H groups in total. The van der Waals surface area contributed by atoms with Gasteiger partial charge < -0.3 is 5.11 Å². The lowest BCUT2D eigenvalue weighted by atomic mass is 10.3. The molecule has 0 aromatic heterocycles. The first-order valence-electron chi connectivity index (χ1n) is 6.34. The molecular formula is C14H20FNO2S. The fourth-order valence-corrected chi connectivity index (χ4v) is 2.63. The predicted molar refractivity (Wildman–Crippen MR) is 76.1 cm³/mol. The molecule has 0 saturated heterocycles. The number of thioether (sulfide) groups is 1. The maximum atomic E-state index is 13.4. The molecule has 0 saturated carbocycles. The number of aliphatic carboxylic acids is 1. The Morgan fingerprint density at radius 2 is 2.05 bits per heavy atom. The Labute approximate surface area is 117 Å². The van der Waals surface area contributed by atoms with Gasteiger partial charge in [-0.25, -0.2) is 4.39 Å². The average Bonchev–Trinajstić information content (AvgIpc) is 2.34. The maximum absolute atomic E-state index is 13.4. The Kier molecular flexibility index (Phi) is 6.87. The van der Waals surface area contributed by atoms with Crippen LogP contribution in [0.2, 0.25) is 0 Å². The molecule has 0 aliphatic carbocycles. The first-order valence-corrected chi connectivity index (χ1v) is 7.32. The van der Waals surface area contributed by atoms with Crippen molar-refractivity contribution >= 4 is 17.7 Å². The van der Waals surface area contributed by atoms with Crippen LogP contribution in [0.5, 0.6) is 0 Å². The molecule has 0 unspecified atom stereocenters. The van der Waals surface area contributed by atoms with Gasteiger partial charge in [0.15, 0.2) is 0 Å². The van der Waals surface area contributed by atoms with Crippen molar-refractivity contribution in [2.75, 3.05) is 18.8 Å². The lowest BCUT2D eigenvalue weighted by Gasteiger charge is -2.25. The van der Waals surface area contributed by atoms with Crippen molar-refractivity contribution in [3.05, 3.63) is 30.1 Å². The largest absolute Gasteiger partial charge is 0.481 e. The minimum absolute atomic E-state index is 0.141. The zero-order valence-corrected chi connectivity index (χ0v) is 12.1. The fourth-order valence-electron chi connectivity index (χ4n) is 1.70. The highest BCUT2D eigenvalue weighted by Gasteiger charge is 2.11. The van der Waals surface area contributed by atoms with Gasteiger partial charge in [-0.05, 0) is 26.0 Å². The van der Waals surface area contributed by atoms with Gasteiger partial charge in [0.25, 0.3) is 0 Å². The molecule has 19 heavy (non-hydrogen) atoms. The summed E-state index contributed by atoms with van der Waals surface area (Å²) in [6.07, 6.45) is 0.141. The lowest BCUT2D eigenvalue weighted by Crippen LogP contribution is -2.34. The quantitative estimate of drug-likeness (QED) is 0.745. The fraction of sp³-hybridized carbons (Fsp3) is 0.500. The average molecular weight is 285 g/mol. The standard InChI is InChI=1S/C14H20FNO2S/c1-11(2)16(8-7-14(17)18)9-10-19-13-6-4-3-5-12(13)15/h3-6,11H,7-10H2,1-2H3,(H,17,18). The van der Waals surface area contributed by atoms with Crippen molar-refractivity contribution in [3.63, 3.8) is 0 Å². The summed E-state index contributed by atoms with van der Waals surface area (Å²) in [5, 5.41) is 8.70. The van der Waals surface area contributed by atoms with Crippen molar-refractivity contribution < 1.29 is 14.3 Å². The molecule has 0 aliphatic heterocycles. The smallest absolute Gasteiger partial charge is 0.304 e. The molecule has 0 amide bonds. The maximum Gasteiger partial charge on any atom is 0.304 e. The topological polar surface area (TPSA) is 40.5 Å². The van der Waals surface area contributed by atoms with E-state index in [-0.39, 0.29) is 12.2 Å². The van der Waals surface area contributed by atoms with Gasteiger partial charge in [-0.3, -0.25) is 9.69 Å². The summed E-state index contributed by atoms with van der Waals surface area (Å²) in [7, 11) is 0. The molecule has 0 radical (unpaired) electrons. The van der Waals surface area contributed by atoms with E-state index in [0.717, 1.165) is 12.3 Å². The van der Waals surface area contributed by atoms with E-state index in [1.807, 2.05) is 19.9 Å². The monoisotopic (exact) mass is 285 g/mol. The van der Waals surface area contributed by atoms with E-state index in [9.17, 15) is 9.18 Å². The molecule has 0 fully saturated rings. The van der Waals surface area contributed by atoms with E-state index in [4.69, 9.17) is 5.11 Å². The SMILES string of the molecule is CC(C)N(CCSc1ccccc1F)CCC(=O)O. The molecule has 3 nitrogen and oxygen atoms in total. The Balaban J connectivity index is 2.40. The summed E-state index contributed by atoms with van der Waals surface area (Å²) in [5.41, 5.74) is 0. The number of carbonyl (C=O) groups is 1. The highest BCUT2D eigenvalue weighted by Crippen LogP contribution is 2.21. The van der Waals surface area contributed by atoms with Crippen molar-refractivity contribution in [1.29, 1.82) is 0 Å². The minimum Gasteiger partial charge on any atom is -0.481 e. The van der Waals surface area contributed by atoms with Gasteiger partial charge in [-0.1, -0.05) is 12.1 Å². The van der Waals surface area contributed by atoms with E-state index in [0.29, 0.717) is 17.5 Å². The number of carboxylic acid groups (broad SMARTS) is 1. The van der Waals surface area contributed by atoms with Crippen molar-refractivity contribution in [1.82, 2.24) is 4.90 Å². The van der Waals surface area contributed by atoms with Crippen LogP contribution in [-0.4, -0.2) is 40.9 Å². The number of halogens is 1. The highest BCUT2D eigenvalue weighted by atomic mass is 32.2. The molecule has 1 rings (SSSR count). The van der Waals surface area contributed by atoms with E-state index >= 15 is 0 Å². The third kappa shape index (κ3) is 6.07. The van der Waals surface area contributed by atoms with Crippen LogP contribution in [0.4, 0.5) is 4.39 Å². The molecule has 0 bridgehead atoms. The van der Waals surface area contributed by atoms with Gasteiger partial charge in [0.2, 0.25) is 0 Å². The molecule has 0 spiro atoms. The summed E-state index contributed by atoms with van der Waals surface area (Å²) in [6.45, 7) is 5.36. The van der Waals surface area contributed by atoms with Gasteiger partial charge in [0.05, 0.1) is 6.42 Å². The van der Waals surface area contributed by atoms with E-state index in [1.54, 1.807) is 12.1 Å². The third-order valence-electron chi connectivity index (χ3n) is 2.82. The van der Waals surface area contributed by atoms with Crippen LogP contribution in [0.3, 0.4) is 0 Å². The molecule has 1 aromatic carbocycles. The van der Waals surface area contributed by atoms with Crippen molar-refractivity contribution in [3.8, 4) is 0 Å². The highest BCUT2D eigenvalue weighted by molar-refractivity contribution is 7.99. The van der Waals surface area contributed by atoms with Crippen LogP contribution < -0.4 is 0 Å². The Morgan fingerprint density at radius 1 is 1.37 bits per heavy atom. The zero-order chi connectivity index (χ0) is 14.3. The van der Waals surface area contributed by atoms with Crippen molar-refractivity contribution in [2.45, 2.75) is 31.2 Å². The molecule has 0 aliphatic rings. The number of carboxylic acids is 1. The normalized spacial score (nSPS) is 11.2. The minimum atomic E-state index is -0.785. The summed E-state index contributed by atoms with van der Waals surface area (Å²) < 4.78 is 13.4. The van der Waals surface area contributed by atoms with Crippen LogP contribution in [0.15, 0.2) is 29.2 Å². The Morgan fingerprint density at radius 3 is 2.63 bits per heavy atom. The van der Waals surface area contributed by atoms with E-state index < -0.39 is 5.97 Å². The molecule has 106 valence electrons. The summed E-state index contributed by atoms with van der Waals surface area (Å²) in [5.74, 6) is -0.236. The third-order valence-corrected chi connectivity index (χ3v) is 3.84. The van der Waals surface area contributed by atoms with Gasteiger partial charge >= 0.3 is 5.97 Å². The second kappa shape index (κ2) is 8.17. The summed E-state index contributed by atoms with van der Waals surface area (Å²) >= 11 is 1.46. The first-order chi connectivity index (χ1) is 9.00. The number of benzene rings is 1. The summed E-state index contributed by atoms with van der Waals surface area (Å²) in [4.78, 5) is 13.3. The van der Waals surface area contributed by atoms with Gasteiger partial charge in [0, 0.05) is 29.8 Å². The molecule has 1 aromatic rings. The van der Waals surface area contributed by atoms with Gasteiger partial charge in [0.1, 0.15) is 5.82 Å². The molecule has 5 heteroatoms. The number of hydrogen-bond acceptors (Lipinski definition) is 3. The predicted octanol–water partition coefficient (Wildman–Crippen LogP) is 3.10. The van der Waals surface area contributed by atoms with Crippen molar-refractivity contribution in [2.24, 2.45) is 0 Å². The van der Waals surface area contributed by atoms with Gasteiger partial charge in [-0.15, -0.1) is 11.8 Å². The first kappa shape index (κ1) is 16.0. The number of nitrogens with zero attached hydrogens (tertiary/aromatic N) is 1. The lowest BCUT2D eigenvalue weighted by molar-refractivity contribution is -0.137. The van der Waals surface area contributed by atoms with Crippen LogP contribution in [0.1, 0.15) is 20.3 Å². The van der Waals surface area contributed by atoms with Crippen LogP contribution in [-0.2, 0) is 4.79 Å². The second-order valence-electron chi connectivity index (χ2n) is 4.55. The molecule has 0 atom stereocenters. The molecular weight excluding hydrogens is 265 g/mol. The zero-order valence-electron chi connectivity index (χ0n) is 11.3. The number of rotatable bonds is 8. The van der Waals surface area contributed by atoms with E-state index in [1.165, 1.54) is 17.8 Å². The Hall–Kier alpha value is -1.07. The van der Waals surface area contributed by atoms with Crippen LogP contribution in [0, 0.1) is 5.82 Å². The molecule has 0 heterocycles. The van der Waals surface area contributed by atoms with Crippen LogP contribution >= 0.6 is 11.8 Å². The summed E-state index contributed by atoms with van der Waals surface area (Å²) in [6, 6.07) is 6.99. The van der Waals surface area contributed by atoms with Crippen LogP contribution in [0.25, 0.3) is 0 Å². The Bertz CT molecular complexity index is 412. The second-order valence-corrected chi connectivity index (χ2v) is 5.69. The van der Waals surface area contributed by atoms with Gasteiger partial charge in [-0.2, -0.15) is 0 Å². The number of hydrogen-bond donors (Lipinski definition) is 1. The van der Waals surface area contributed by atoms with E-state index in [2.05, 4.69) is 4.90 Å².